The Balaban J connectivity index is 1.61. The summed E-state index contributed by atoms with van der Waals surface area (Å²) in [5, 5.41) is 8.70. The lowest BCUT2D eigenvalue weighted by atomic mass is 9.91. The van der Waals surface area contributed by atoms with Crippen molar-refractivity contribution in [2.24, 2.45) is 0 Å². The van der Waals surface area contributed by atoms with E-state index in [1.807, 2.05) is 20.8 Å². The minimum Gasteiger partial charge on any atom is -0.444 e. The maximum Gasteiger partial charge on any atom is 0.410 e. The van der Waals surface area contributed by atoms with Crippen LogP contribution in [-0.2, 0) is 14.2 Å². The molecule has 0 spiro atoms. The molecular formula is C16H29NO5. The van der Waals surface area contributed by atoms with Crippen molar-refractivity contribution in [3.8, 4) is 0 Å². The van der Waals surface area contributed by atoms with Crippen molar-refractivity contribution in [3.05, 3.63) is 0 Å². The number of likely N-dealkylation sites (tertiary alicyclic amines) is 1. The third kappa shape index (κ3) is 5.41. The molecule has 2 rings (SSSR count). The highest BCUT2D eigenvalue weighted by Gasteiger charge is 2.34. The number of aliphatic hydroxyl groups is 1. The van der Waals surface area contributed by atoms with Crippen LogP contribution in [0.1, 0.15) is 46.5 Å². The van der Waals surface area contributed by atoms with Crippen LogP contribution in [0, 0.1) is 0 Å². The first-order chi connectivity index (χ1) is 10.4. The SMILES string of the molecule is CC(C)(C)OC(=O)N1CCC(OC2CC(OCCO)C2)CC1. The van der Waals surface area contributed by atoms with Gasteiger partial charge in [0, 0.05) is 13.1 Å². The van der Waals surface area contributed by atoms with Crippen LogP contribution in [0.25, 0.3) is 0 Å². The Morgan fingerprint density at radius 2 is 1.77 bits per heavy atom. The summed E-state index contributed by atoms with van der Waals surface area (Å²) in [6.07, 6.45) is 4.03. The number of hydrogen-bond acceptors (Lipinski definition) is 5. The summed E-state index contributed by atoms with van der Waals surface area (Å²) in [4.78, 5) is 13.7. The number of nitrogens with zero attached hydrogens (tertiary/aromatic N) is 1. The molecule has 1 amide bonds. The molecule has 6 nitrogen and oxygen atoms in total. The Kier molecular flexibility index (Phi) is 6.06. The lowest BCUT2D eigenvalue weighted by molar-refractivity contribution is -0.137. The predicted octanol–water partition coefficient (Wildman–Crippen LogP) is 1.94. The van der Waals surface area contributed by atoms with E-state index in [1.54, 1.807) is 4.90 Å². The molecule has 2 fully saturated rings. The fraction of sp³-hybridized carbons (Fsp3) is 0.938. The number of piperidine rings is 1. The fourth-order valence-electron chi connectivity index (χ4n) is 2.76. The van der Waals surface area contributed by atoms with Crippen LogP contribution < -0.4 is 0 Å². The summed E-state index contributed by atoms with van der Waals surface area (Å²) < 4.78 is 16.9. The number of rotatable bonds is 5. The van der Waals surface area contributed by atoms with E-state index in [0.29, 0.717) is 19.7 Å². The smallest absolute Gasteiger partial charge is 0.410 e. The third-order valence-electron chi connectivity index (χ3n) is 3.97. The molecule has 0 aromatic rings. The summed E-state index contributed by atoms with van der Waals surface area (Å²) in [6.45, 7) is 7.51. The van der Waals surface area contributed by atoms with Crippen LogP contribution in [0.2, 0.25) is 0 Å². The lowest BCUT2D eigenvalue weighted by Gasteiger charge is -2.39. The highest BCUT2D eigenvalue weighted by molar-refractivity contribution is 5.68. The summed E-state index contributed by atoms with van der Waals surface area (Å²) in [5.74, 6) is 0. The predicted molar refractivity (Wildman–Crippen MR) is 81.8 cm³/mol. The van der Waals surface area contributed by atoms with Gasteiger partial charge in [-0.1, -0.05) is 0 Å². The molecule has 0 atom stereocenters. The van der Waals surface area contributed by atoms with Gasteiger partial charge in [0.2, 0.25) is 0 Å². The molecule has 2 aliphatic rings. The van der Waals surface area contributed by atoms with Crippen molar-refractivity contribution in [1.29, 1.82) is 0 Å². The number of amides is 1. The van der Waals surface area contributed by atoms with Gasteiger partial charge in [0.05, 0.1) is 31.5 Å². The Hall–Kier alpha value is -0.850. The zero-order valence-corrected chi connectivity index (χ0v) is 13.9. The Bertz CT molecular complexity index is 354. The molecule has 1 saturated heterocycles. The second kappa shape index (κ2) is 7.62. The maximum absolute atomic E-state index is 12.0. The Morgan fingerprint density at radius 1 is 1.14 bits per heavy atom. The molecule has 1 aliphatic heterocycles. The largest absolute Gasteiger partial charge is 0.444 e. The van der Waals surface area contributed by atoms with Gasteiger partial charge in [-0.2, -0.15) is 0 Å². The Morgan fingerprint density at radius 3 is 2.32 bits per heavy atom. The number of hydrogen-bond donors (Lipinski definition) is 1. The molecule has 22 heavy (non-hydrogen) atoms. The summed E-state index contributed by atoms with van der Waals surface area (Å²) in [6, 6.07) is 0. The van der Waals surface area contributed by atoms with E-state index in [1.165, 1.54) is 0 Å². The van der Waals surface area contributed by atoms with Crippen LogP contribution in [0.3, 0.4) is 0 Å². The summed E-state index contributed by atoms with van der Waals surface area (Å²) in [5.41, 5.74) is -0.445. The summed E-state index contributed by atoms with van der Waals surface area (Å²) in [7, 11) is 0. The van der Waals surface area contributed by atoms with E-state index in [9.17, 15) is 4.79 Å². The second-order valence-corrected chi connectivity index (χ2v) is 7.11. The monoisotopic (exact) mass is 315 g/mol. The molecule has 1 aliphatic carbocycles. The number of aliphatic hydroxyl groups excluding tert-OH is 1. The average Bonchev–Trinajstić information content (AvgIpc) is 2.40. The van der Waals surface area contributed by atoms with Crippen molar-refractivity contribution in [2.45, 2.75) is 70.4 Å². The fourth-order valence-corrected chi connectivity index (χ4v) is 2.76. The second-order valence-electron chi connectivity index (χ2n) is 7.11. The van der Waals surface area contributed by atoms with Crippen LogP contribution in [0.4, 0.5) is 4.79 Å². The van der Waals surface area contributed by atoms with Gasteiger partial charge in [-0.15, -0.1) is 0 Å². The van der Waals surface area contributed by atoms with Gasteiger partial charge in [0.15, 0.2) is 0 Å². The van der Waals surface area contributed by atoms with E-state index in [4.69, 9.17) is 19.3 Å². The minimum absolute atomic E-state index is 0.0746. The lowest BCUT2D eigenvalue weighted by Crippen LogP contribution is -2.46. The minimum atomic E-state index is -0.445. The molecule has 0 bridgehead atoms. The van der Waals surface area contributed by atoms with Gasteiger partial charge >= 0.3 is 6.09 Å². The standard InChI is InChI=1S/C16H29NO5/c1-16(2,3)22-15(19)17-6-4-12(5-7-17)21-14-10-13(11-14)20-9-8-18/h12-14,18H,4-11H2,1-3H3. The zero-order valence-electron chi connectivity index (χ0n) is 13.9. The van der Waals surface area contributed by atoms with E-state index in [0.717, 1.165) is 25.7 Å². The van der Waals surface area contributed by atoms with Gasteiger partial charge in [-0.25, -0.2) is 4.79 Å². The molecule has 1 heterocycles. The molecule has 0 radical (unpaired) electrons. The van der Waals surface area contributed by atoms with Gasteiger partial charge in [0.1, 0.15) is 5.60 Å². The van der Waals surface area contributed by atoms with Gasteiger partial charge in [-0.05, 0) is 46.5 Å². The normalized spacial score (nSPS) is 26.6. The van der Waals surface area contributed by atoms with Crippen LogP contribution in [0.15, 0.2) is 0 Å². The molecule has 0 unspecified atom stereocenters. The van der Waals surface area contributed by atoms with Crippen molar-refractivity contribution < 1.29 is 24.1 Å². The quantitative estimate of drug-likeness (QED) is 0.840. The van der Waals surface area contributed by atoms with Gasteiger partial charge in [0.25, 0.3) is 0 Å². The topological polar surface area (TPSA) is 68.2 Å². The van der Waals surface area contributed by atoms with Crippen molar-refractivity contribution >= 4 is 6.09 Å². The van der Waals surface area contributed by atoms with Crippen molar-refractivity contribution in [2.75, 3.05) is 26.3 Å². The molecule has 0 aromatic carbocycles. The first-order valence-corrected chi connectivity index (χ1v) is 8.23. The number of carbonyl (C=O) groups is 1. The van der Waals surface area contributed by atoms with Crippen LogP contribution in [-0.4, -0.2) is 66.3 Å². The van der Waals surface area contributed by atoms with E-state index >= 15 is 0 Å². The molecule has 128 valence electrons. The first-order valence-electron chi connectivity index (χ1n) is 8.23. The van der Waals surface area contributed by atoms with Crippen molar-refractivity contribution in [1.82, 2.24) is 4.90 Å². The van der Waals surface area contributed by atoms with E-state index in [2.05, 4.69) is 0 Å². The zero-order chi connectivity index (χ0) is 16.2. The van der Waals surface area contributed by atoms with Gasteiger partial charge in [-0.3, -0.25) is 0 Å². The van der Waals surface area contributed by atoms with Crippen molar-refractivity contribution in [3.63, 3.8) is 0 Å². The molecule has 1 saturated carbocycles. The van der Waals surface area contributed by atoms with Crippen LogP contribution in [0.5, 0.6) is 0 Å². The maximum atomic E-state index is 12.0. The first kappa shape index (κ1) is 17.5. The molecular weight excluding hydrogens is 286 g/mol. The highest BCUT2D eigenvalue weighted by atomic mass is 16.6. The molecule has 0 aromatic heterocycles. The highest BCUT2D eigenvalue weighted by Crippen LogP contribution is 2.29. The Labute approximate surface area is 132 Å². The van der Waals surface area contributed by atoms with E-state index < -0.39 is 5.60 Å². The molecule has 6 heteroatoms. The number of ether oxygens (including phenoxy) is 3. The number of carbonyl (C=O) groups excluding carboxylic acids is 1. The van der Waals surface area contributed by atoms with Crippen LogP contribution >= 0.6 is 0 Å². The molecule has 1 N–H and O–H groups in total. The van der Waals surface area contributed by atoms with Gasteiger partial charge < -0.3 is 24.2 Å². The summed E-state index contributed by atoms with van der Waals surface area (Å²) >= 11 is 0. The third-order valence-corrected chi connectivity index (χ3v) is 3.97. The van der Waals surface area contributed by atoms with E-state index in [-0.39, 0.29) is 31.0 Å². The average molecular weight is 315 g/mol.